The summed E-state index contributed by atoms with van der Waals surface area (Å²) in [5.41, 5.74) is 0. The first-order valence-electron chi connectivity index (χ1n) is 8.13. The van der Waals surface area contributed by atoms with Crippen LogP contribution in [0.1, 0.15) is 51.4 Å². The molecule has 0 heterocycles. The monoisotopic (exact) mass is 278 g/mol. The molecule has 0 spiro atoms. The fourth-order valence-electron chi connectivity index (χ4n) is 5.27. The van der Waals surface area contributed by atoms with Gasteiger partial charge in [-0.1, -0.05) is 12.8 Å². The Labute approximate surface area is 119 Å². The molecule has 4 heteroatoms. The maximum atomic E-state index is 12.0. The van der Waals surface area contributed by atoms with E-state index in [0.717, 1.165) is 38.5 Å². The maximum Gasteiger partial charge on any atom is 0.358 e. The molecule has 4 nitrogen and oxygen atoms in total. The molecule has 4 fully saturated rings. The molecule has 20 heavy (non-hydrogen) atoms. The van der Waals surface area contributed by atoms with Gasteiger partial charge in [0.2, 0.25) is 0 Å². The third-order valence-corrected chi connectivity index (χ3v) is 6.29. The Morgan fingerprint density at radius 2 is 1.10 bits per heavy atom. The summed E-state index contributed by atoms with van der Waals surface area (Å²) in [5, 5.41) is 0. The molecule has 0 saturated heterocycles. The molecule has 110 valence electrons. The van der Waals surface area contributed by atoms with Crippen LogP contribution in [0.5, 0.6) is 0 Å². The highest BCUT2D eigenvalue weighted by Crippen LogP contribution is 2.50. The van der Waals surface area contributed by atoms with Crippen molar-refractivity contribution in [2.75, 3.05) is 0 Å². The third-order valence-electron chi connectivity index (χ3n) is 6.29. The van der Waals surface area contributed by atoms with Gasteiger partial charge in [-0.2, -0.15) is 0 Å². The van der Waals surface area contributed by atoms with Gasteiger partial charge in [-0.25, -0.2) is 19.4 Å². The van der Waals surface area contributed by atoms with E-state index in [9.17, 15) is 9.59 Å². The van der Waals surface area contributed by atoms with Gasteiger partial charge in [-0.05, 0) is 62.2 Å². The van der Waals surface area contributed by atoms with Gasteiger partial charge < -0.3 is 0 Å². The molecule has 0 amide bonds. The Morgan fingerprint density at radius 3 is 1.40 bits per heavy atom. The molecule has 0 aromatic rings. The summed E-state index contributed by atoms with van der Waals surface area (Å²) in [7, 11) is 0. The number of carbonyl (C=O) groups is 2. The molecule has 6 unspecified atom stereocenters. The van der Waals surface area contributed by atoms with E-state index in [4.69, 9.17) is 9.78 Å². The molecule has 0 aromatic heterocycles. The Kier molecular flexibility index (Phi) is 3.00. The van der Waals surface area contributed by atoms with Gasteiger partial charge in [0, 0.05) is 0 Å². The first-order valence-corrected chi connectivity index (χ1v) is 8.13. The van der Waals surface area contributed by atoms with Crippen LogP contribution in [-0.4, -0.2) is 11.9 Å². The molecule has 4 saturated carbocycles. The van der Waals surface area contributed by atoms with Crippen molar-refractivity contribution in [3.8, 4) is 0 Å². The normalized spacial score (nSPS) is 44.8. The maximum absolute atomic E-state index is 12.0. The minimum absolute atomic E-state index is 0.0263. The van der Waals surface area contributed by atoms with E-state index in [1.807, 2.05) is 0 Å². The molecule has 6 atom stereocenters. The summed E-state index contributed by atoms with van der Waals surface area (Å²) in [6.45, 7) is 0. The largest absolute Gasteiger partial charge is 0.358 e. The first-order chi connectivity index (χ1) is 9.70. The topological polar surface area (TPSA) is 52.6 Å². The lowest BCUT2D eigenvalue weighted by atomic mass is 9.89. The zero-order valence-corrected chi connectivity index (χ0v) is 11.8. The fourth-order valence-corrected chi connectivity index (χ4v) is 5.27. The molecule has 4 rings (SSSR count). The number of fused-ring (bicyclic) bond motifs is 4. The van der Waals surface area contributed by atoms with Crippen LogP contribution in [-0.2, 0) is 19.4 Å². The molecule has 4 aliphatic rings. The van der Waals surface area contributed by atoms with Gasteiger partial charge in [-0.15, -0.1) is 0 Å². The lowest BCUT2D eigenvalue weighted by molar-refractivity contribution is -0.267. The van der Waals surface area contributed by atoms with Crippen molar-refractivity contribution in [2.24, 2.45) is 35.5 Å². The van der Waals surface area contributed by atoms with E-state index < -0.39 is 0 Å². The van der Waals surface area contributed by atoms with Gasteiger partial charge in [0.25, 0.3) is 0 Å². The predicted octanol–water partition coefficient (Wildman–Crippen LogP) is 2.86. The lowest BCUT2D eigenvalue weighted by Gasteiger charge is -2.21. The van der Waals surface area contributed by atoms with Crippen molar-refractivity contribution < 1.29 is 19.4 Å². The fraction of sp³-hybridized carbons (Fsp3) is 0.875. The Hall–Kier alpha value is -1.06. The summed E-state index contributed by atoms with van der Waals surface area (Å²) < 4.78 is 0. The third kappa shape index (κ3) is 2.04. The van der Waals surface area contributed by atoms with Gasteiger partial charge >= 0.3 is 11.9 Å². The van der Waals surface area contributed by atoms with Crippen LogP contribution < -0.4 is 0 Å². The van der Waals surface area contributed by atoms with Crippen LogP contribution in [0, 0.1) is 35.5 Å². The minimum atomic E-state index is -0.311. The van der Waals surface area contributed by atoms with E-state index in [2.05, 4.69) is 0 Å². The molecular weight excluding hydrogens is 256 g/mol. The summed E-state index contributed by atoms with van der Waals surface area (Å²) >= 11 is 0. The van der Waals surface area contributed by atoms with Crippen molar-refractivity contribution in [1.82, 2.24) is 0 Å². The molecule has 4 aliphatic carbocycles. The summed E-state index contributed by atoms with van der Waals surface area (Å²) in [4.78, 5) is 33.8. The van der Waals surface area contributed by atoms with E-state index >= 15 is 0 Å². The number of carbonyl (C=O) groups excluding carboxylic acids is 2. The first kappa shape index (κ1) is 12.7. The van der Waals surface area contributed by atoms with Gasteiger partial charge in [-0.3, -0.25) is 0 Å². The highest BCUT2D eigenvalue weighted by Gasteiger charge is 2.46. The lowest BCUT2D eigenvalue weighted by Crippen LogP contribution is -2.28. The van der Waals surface area contributed by atoms with E-state index in [1.54, 1.807) is 0 Å². The van der Waals surface area contributed by atoms with Crippen molar-refractivity contribution in [3.05, 3.63) is 0 Å². The highest BCUT2D eigenvalue weighted by molar-refractivity contribution is 5.76. The number of rotatable bonds is 2. The molecular formula is C16H22O4. The summed E-state index contributed by atoms with van der Waals surface area (Å²) in [6, 6.07) is 0. The average Bonchev–Trinajstić information content (AvgIpc) is 3.22. The van der Waals surface area contributed by atoms with E-state index in [0.29, 0.717) is 23.7 Å². The van der Waals surface area contributed by atoms with Crippen molar-refractivity contribution in [3.63, 3.8) is 0 Å². The van der Waals surface area contributed by atoms with Crippen LogP contribution in [0.15, 0.2) is 0 Å². The molecule has 0 aliphatic heterocycles. The molecule has 0 radical (unpaired) electrons. The van der Waals surface area contributed by atoms with Crippen LogP contribution in [0.2, 0.25) is 0 Å². The van der Waals surface area contributed by atoms with Gasteiger partial charge in [0.1, 0.15) is 0 Å². The second-order valence-corrected chi connectivity index (χ2v) is 7.37. The highest BCUT2D eigenvalue weighted by atomic mass is 17.2. The van der Waals surface area contributed by atoms with Crippen LogP contribution in [0.25, 0.3) is 0 Å². The van der Waals surface area contributed by atoms with Crippen LogP contribution >= 0.6 is 0 Å². The summed E-state index contributed by atoms with van der Waals surface area (Å²) in [5.74, 6) is 1.64. The zero-order valence-electron chi connectivity index (χ0n) is 11.8. The molecule has 4 bridgehead atoms. The van der Waals surface area contributed by atoms with Crippen molar-refractivity contribution in [1.29, 1.82) is 0 Å². The second-order valence-electron chi connectivity index (χ2n) is 7.37. The number of hydrogen-bond acceptors (Lipinski definition) is 4. The van der Waals surface area contributed by atoms with Crippen molar-refractivity contribution >= 4 is 11.9 Å². The Balaban J connectivity index is 1.28. The predicted molar refractivity (Wildman–Crippen MR) is 70.1 cm³/mol. The van der Waals surface area contributed by atoms with Crippen molar-refractivity contribution in [2.45, 2.75) is 51.4 Å². The second kappa shape index (κ2) is 4.74. The van der Waals surface area contributed by atoms with E-state index in [-0.39, 0.29) is 23.8 Å². The quantitative estimate of drug-likeness (QED) is 0.575. The average molecular weight is 278 g/mol. The van der Waals surface area contributed by atoms with Crippen LogP contribution in [0.3, 0.4) is 0 Å². The molecule has 0 N–H and O–H groups in total. The standard InChI is InChI=1S/C16H22O4/c17-15(13-7-9-1-3-11(13)5-9)19-20-16(18)14-8-10-2-4-12(14)6-10/h9-14H,1-8H2. The number of hydrogen-bond donors (Lipinski definition) is 0. The van der Waals surface area contributed by atoms with Crippen LogP contribution in [0.4, 0.5) is 0 Å². The minimum Gasteiger partial charge on any atom is -0.247 e. The smallest absolute Gasteiger partial charge is 0.247 e. The SMILES string of the molecule is O=C(OOC(=O)C1CC2CCC1C2)C1CC2CCC1C2. The Morgan fingerprint density at radius 1 is 0.650 bits per heavy atom. The molecule has 0 aromatic carbocycles. The zero-order chi connectivity index (χ0) is 13.7. The summed E-state index contributed by atoms with van der Waals surface area (Å²) in [6.07, 6.45) is 8.92. The van der Waals surface area contributed by atoms with Gasteiger partial charge in [0.05, 0.1) is 11.8 Å². The van der Waals surface area contributed by atoms with Gasteiger partial charge in [0.15, 0.2) is 0 Å². The Bertz CT molecular complexity index is 392. The van der Waals surface area contributed by atoms with E-state index in [1.165, 1.54) is 12.8 Å².